The van der Waals surface area contributed by atoms with Crippen molar-refractivity contribution in [2.45, 2.75) is 63.2 Å². The molecule has 0 radical (unpaired) electrons. The third-order valence-corrected chi connectivity index (χ3v) is 7.54. The summed E-state index contributed by atoms with van der Waals surface area (Å²) in [6, 6.07) is 14.5. The smallest absolute Gasteiger partial charge is 0.243 e. The maximum Gasteiger partial charge on any atom is 0.243 e. The maximum atomic E-state index is 12.7. The average molecular weight is 459 g/mol. The molecule has 1 aliphatic rings. The molecule has 7 heteroatoms. The fourth-order valence-corrected chi connectivity index (χ4v) is 5.18. The highest BCUT2D eigenvalue weighted by molar-refractivity contribution is 7.89. The van der Waals surface area contributed by atoms with Gasteiger partial charge in [0.15, 0.2) is 0 Å². The molecule has 1 aliphatic heterocycles. The van der Waals surface area contributed by atoms with Crippen molar-refractivity contribution >= 4 is 21.6 Å². The molecule has 2 aromatic carbocycles. The molecule has 1 fully saturated rings. The van der Waals surface area contributed by atoms with Gasteiger partial charge in [0.25, 0.3) is 0 Å². The van der Waals surface area contributed by atoms with Crippen LogP contribution in [0.25, 0.3) is 0 Å². The van der Waals surface area contributed by atoms with Crippen molar-refractivity contribution in [3.05, 3.63) is 54.1 Å². The van der Waals surface area contributed by atoms with E-state index in [1.165, 1.54) is 5.56 Å². The van der Waals surface area contributed by atoms with Crippen molar-refractivity contribution in [2.24, 2.45) is 0 Å². The second kappa shape index (κ2) is 10.5. The Morgan fingerprint density at radius 3 is 2.19 bits per heavy atom. The van der Waals surface area contributed by atoms with Gasteiger partial charge in [0.2, 0.25) is 15.9 Å². The quantitative estimate of drug-likeness (QED) is 0.568. The number of rotatable bonds is 8. The molecule has 174 valence electrons. The van der Waals surface area contributed by atoms with Crippen molar-refractivity contribution in [1.82, 2.24) is 4.31 Å². The molecule has 0 unspecified atom stereocenters. The Morgan fingerprint density at radius 1 is 0.969 bits per heavy atom. The number of nitrogens with one attached hydrogen (secondary N) is 1. The van der Waals surface area contributed by atoms with Crippen LogP contribution >= 0.6 is 0 Å². The van der Waals surface area contributed by atoms with Crippen molar-refractivity contribution in [1.29, 1.82) is 0 Å². The first-order valence-electron chi connectivity index (χ1n) is 11.3. The fraction of sp³-hybridized carbons (Fsp3) is 0.480. The molecular formula is C25H34N2O4S. The van der Waals surface area contributed by atoms with E-state index in [9.17, 15) is 13.2 Å². The summed E-state index contributed by atoms with van der Waals surface area (Å²) >= 11 is 0. The molecule has 0 aromatic heterocycles. The number of ether oxygens (including phenoxy) is 1. The van der Waals surface area contributed by atoms with Gasteiger partial charge >= 0.3 is 0 Å². The maximum absolute atomic E-state index is 12.7. The molecule has 0 atom stereocenters. The monoisotopic (exact) mass is 458 g/mol. The number of benzene rings is 2. The summed E-state index contributed by atoms with van der Waals surface area (Å²) in [6.07, 6.45) is 3.80. The van der Waals surface area contributed by atoms with Gasteiger partial charge in [-0.1, -0.05) is 39.3 Å². The van der Waals surface area contributed by atoms with Crippen LogP contribution in [0.1, 0.15) is 58.4 Å². The molecule has 0 bridgehead atoms. The summed E-state index contributed by atoms with van der Waals surface area (Å²) in [7, 11) is -3.46. The summed E-state index contributed by atoms with van der Waals surface area (Å²) in [5.74, 6) is 0.673. The highest BCUT2D eigenvalue weighted by Gasteiger charge is 2.25. The summed E-state index contributed by atoms with van der Waals surface area (Å²) in [5.41, 5.74) is 1.94. The van der Waals surface area contributed by atoms with Gasteiger partial charge in [-0.2, -0.15) is 4.31 Å². The van der Waals surface area contributed by atoms with E-state index in [-0.39, 0.29) is 16.2 Å². The standard InChI is InChI=1S/C25H34N2O4S/c1-25(2,3)20-9-13-22(14-10-20)31-19-7-8-24(28)26-21-11-15-23(16-12-21)32(29,30)27-17-5-4-6-18-27/h9-16H,4-8,17-19H2,1-3H3,(H,26,28). The number of carbonyl (C=O) groups excluding carboxylic acids is 1. The highest BCUT2D eigenvalue weighted by Crippen LogP contribution is 2.24. The molecule has 6 nitrogen and oxygen atoms in total. The lowest BCUT2D eigenvalue weighted by Crippen LogP contribution is -2.35. The van der Waals surface area contributed by atoms with E-state index in [1.807, 2.05) is 12.1 Å². The SMILES string of the molecule is CC(C)(C)c1ccc(OCCCC(=O)Nc2ccc(S(=O)(=O)N3CCCCC3)cc2)cc1. The van der Waals surface area contributed by atoms with Crippen LogP contribution in [0, 0.1) is 0 Å². The minimum atomic E-state index is -3.46. The zero-order valence-corrected chi connectivity index (χ0v) is 20.1. The molecule has 3 rings (SSSR count). The van der Waals surface area contributed by atoms with Crippen LogP contribution in [-0.4, -0.2) is 38.3 Å². The van der Waals surface area contributed by atoms with Crippen LogP contribution in [0.2, 0.25) is 0 Å². The normalized spacial score (nSPS) is 15.3. The zero-order chi connectivity index (χ0) is 23.2. The average Bonchev–Trinajstić information content (AvgIpc) is 2.77. The van der Waals surface area contributed by atoms with E-state index in [2.05, 4.69) is 38.2 Å². The summed E-state index contributed by atoms with van der Waals surface area (Å²) < 4.78 is 32.7. The summed E-state index contributed by atoms with van der Waals surface area (Å²) in [5, 5.41) is 2.82. The molecule has 0 aliphatic carbocycles. The molecule has 32 heavy (non-hydrogen) atoms. The molecule has 1 amide bonds. The van der Waals surface area contributed by atoms with Crippen molar-refractivity contribution < 1.29 is 17.9 Å². The second-order valence-electron chi connectivity index (χ2n) is 9.26. The summed E-state index contributed by atoms with van der Waals surface area (Å²) in [6.45, 7) is 8.11. The van der Waals surface area contributed by atoms with Gasteiger partial charge in [-0.05, 0) is 66.6 Å². The largest absolute Gasteiger partial charge is 0.494 e. The van der Waals surface area contributed by atoms with Gasteiger partial charge in [0, 0.05) is 25.2 Å². The number of hydrogen-bond donors (Lipinski definition) is 1. The number of amides is 1. The predicted octanol–water partition coefficient (Wildman–Crippen LogP) is 4.96. The first kappa shape index (κ1) is 24.3. The van der Waals surface area contributed by atoms with E-state index in [4.69, 9.17) is 4.74 Å². The van der Waals surface area contributed by atoms with E-state index >= 15 is 0 Å². The van der Waals surface area contributed by atoms with Crippen LogP contribution in [0.5, 0.6) is 5.75 Å². The Kier molecular flexibility index (Phi) is 7.96. The molecule has 0 spiro atoms. The summed E-state index contributed by atoms with van der Waals surface area (Å²) in [4.78, 5) is 12.5. The van der Waals surface area contributed by atoms with Crippen molar-refractivity contribution in [3.8, 4) is 5.75 Å². The van der Waals surface area contributed by atoms with E-state index in [0.29, 0.717) is 38.2 Å². The van der Waals surface area contributed by atoms with Gasteiger partial charge in [-0.15, -0.1) is 0 Å². The molecule has 2 aromatic rings. The highest BCUT2D eigenvalue weighted by atomic mass is 32.2. The Balaban J connectivity index is 1.43. The van der Waals surface area contributed by atoms with Gasteiger partial charge in [-0.3, -0.25) is 4.79 Å². The number of anilines is 1. The lowest BCUT2D eigenvalue weighted by molar-refractivity contribution is -0.116. The number of hydrogen-bond acceptors (Lipinski definition) is 4. The number of sulfonamides is 1. The molecule has 1 N–H and O–H groups in total. The third kappa shape index (κ3) is 6.56. The Morgan fingerprint density at radius 2 is 1.59 bits per heavy atom. The van der Waals surface area contributed by atoms with Crippen molar-refractivity contribution in [2.75, 3.05) is 25.0 Å². The molecular weight excluding hydrogens is 424 g/mol. The van der Waals surface area contributed by atoms with Gasteiger partial charge < -0.3 is 10.1 Å². The zero-order valence-electron chi connectivity index (χ0n) is 19.3. The topological polar surface area (TPSA) is 75.7 Å². The lowest BCUT2D eigenvalue weighted by atomic mass is 9.87. The molecule has 0 saturated carbocycles. The second-order valence-corrected chi connectivity index (χ2v) is 11.2. The number of piperidine rings is 1. The lowest BCUT2D eigenvalue weighted by Gasteiger charge is -2.25. The minimum Gasteiger partial charge on any atom is -0.494 e. The first-order chi connectivity index (χ1) is 15.2. The predicted molar refractivity (Wildman–Crippen MR) is 128 cm³/mol. The van der Waals surface area contributed by atoms with Gasteiger partial charge in [0.05, 0.1) is 11.5 Å². The van der Waals surface area contributed by atoms with Crippen LogP contribution in [0.3, 0.4) is 0 Å². The number of nitrogens with zero attached hydrogens (tertiary/aromatic N) is 1. The van der Waals surface area contributed by atoms with Crippen LogP contribution in [-0.2, 0) is 20.2 Å². The van der Waals surface area contributed by atoms with Gasteiger partial charge in [0.1, 0.15) is 5.75 Å². The molecule has 1 heterocycles. The molecule has 1 saturated heterocycles. The van der Waals surface area contributed by atoms with Crippen LogP contribution in [0.15, 0.2) is 53.4 Å². The fourth-order valence-electron chi connectivity index (χ4n) is 3.66. The Labute approximate surface area is 192 Å². The van der Waals surface area contributed by atoms with E-state index < -0.39 is 10.0 Å². The first-order valence-corrected chi connectivity index (χ1v) is 12.7. The number of carbonyl (C=O) groups is 1. The Hall–Kier alpha value is -2.38. The van der Waals surface area contributed by atoms with Gasteiger partial charge in [-0.25, -0.2) is 8.42 Å². The van der Waals surface area contributed by atoms with Crippen LogP contribution < -0.4 is 10.1 Å². The Bertz CT molecular complexity index is 988. The minimum absolute atomic E-state index is 0.104. The van der Waals surface area contributed by atoms with E-state index in [1.54, 1.807) is 28.6 Å². The van der Waals surface area contributed by atoms with Crippen LogP contribution in [0.4, 0.5) is 5.69 Å². The van der Waals surface area contributed by atoms with Crippen molar-refractivity contribution in [3.63, 3.8) is 0 Å². The third-order valence-electron chi connectivity index (χ3n) is 5.63. The van der Waals surface area contributed by atoms with E-state index in [0.717, 1.165) is 25.0 Å².